The molecular weight excluding hydrogens is 428 g/mol. The predicted molar refractivity (Wildman–Crippen MR) is 109 cm³/mol. The standard InChI is InChI=1S/C20H19BrN2O5/c1-4-27-20(25)11(2)28-17-14(21)9-12(10-16(17)26-3)18-22-15-8-6-5-7-13(15)19(24)23-18/h5-11H,4H2,1-3H3,(H,22,23,24). The molecule has 28 heavy (non-hydrogen) atoms. The highest BCUT2D eigenvalue weighted by atomic mass is 79.9. The second-order valence-corrected chi connectivity index (χ2v) is 6.79. The number of halogens is 1. The minimum atomic E-state index is -0.811. The zero-order valence-corrected chi connectivity index (χ0v) is 17.2. The van der Waals surface area contributed by atoms with Gasteiger partial charge in [0, 0.05) is 5.56 Å². The van der Waals surface area contributed by atoms with Crippen LogP contribution in [0.5, 0.6) is 11.5 Å². The molecular formula is C20H19BrN2O5. The van der Waals surface area contributed by atoms with Crippen LogP contribution in [-0.4, -0.2) is 35.8 Å². The lowest BCUT2D eigenvalue weighted by atomic mass is 10.1. The van der Waals surface area contributed by atoms with Crippen molar-refractivity contribution >= 4 is 32.8 Å². The number of esters is 1. The number of ether oxygens (including phenoxy) is 3. The maximum Gasteiger partial charge on any atom is 0.347 e. The first-order chi connectivity index (χ1) is 13.4. The van der Waals surface area contributed by atoms with Gasteiger partial charge in [0.05, 0.1) is 29.1 Å². The van der Waals surface area contributed by atoms with Crippen molar-refractivity contribution in [2.75, 3.05) is 13.7 Å². The first kappa shape index (κ1) is 19.9. The van der Waals surface area contributed by atoms with Crippen LogP contribution in [0.25, 0.3) is 22.3 Å². The minimum absolute atomic E-state index is 0.230. The highest BCUT2D eigenvalue weighted by molar-refractivity contribution is 9.10. The Bertz CT molecular complexity index is 1080. The molecule has 0 radical (unpaired) electrons. The van der Waals surface area contributed by atoms with Crippen molar-refractivity contribution in [3.63, 3.8) is 0 Å². The summed E-state index contributed by atoms with van der Waals surface area (Å²) < 4.78 is 16.7. The molecule has 3 aromatic rings. The van der Waals surface area contributed by atoms with E-state index in [1.807, 2.05) is 6.07 Å². The van der Waals surface area contributed by atoms with Gasteiger partial charge in [0.2, 0.25) is 0 Å². The van der Waals surface area contributed by atoms with Crippen LogP contribution in [0.2, 0.25) is 0 Å². The van der Waals surface area contributed by atoms with Crippen molar-refractivity contribution in [2.24, 2.45) is 0 Å². The van der Waals surface area contributed by atoms with E-state index >= 15 is 0 Å². The fraction of sp³-hybridized carbons (Fsp3) is 0.250. The quantitative estimate of drug-likeness (QED) is 0.580. The largest absolute Gasteiger partial charge is 0.493 e. The highest BCUT2D eigenvalue weighted by Gasteiger charge is 2.21. The number of H-pyrrole nitrogens is 1. The molecule has 7 nitrogen and oxygen atoms in total. The van der Waals surface area contributed by atoms with Gasteiger partial charge in [-0.3, -0.25) is 4.79 Å². The molecule has 146 valence electrons. The number of hydrogen-bond donors (Lipinski definition) is 1. The van der Waals surface area contributed by atoms with Crippen LogP contribution in [0.15, 0.2) is 45.7 Å². The van der Waals surface area contributed by atoms with E-state index in [1.165, 1.54) is 7.11 Å². The van der Waals surface area contributed by atoms with Crippen LogP contribution in [-0.2, 0) is 9.53 Å². The molecule has 0 spiro atoms. The average molecular weight is 447 g/mol. The van der Waals surface area contributed by atoms with Crippen molar-refractivity contribution in [1.82, 2.24) is 9.97 Å². The molecule has 1 N–H and O–H groups in total. The molecule has 0 fully saturated rings. The summed E-state index contributed by atoms with van der Waals surface area (Å²) >= 11 is 3.44. The van der Waals surface area contributed by atoms with Crippen LogP contribution in [0.1, 0.15) is 13.8 Å². The smallest absolute Gasteiger partial charge is 0.347 e. The summed E-state index contributed by atoms with van der Waals surface area (Å²) in [4.78, 5) is 31.5. The first-order valence-electron chi connectivity index (χ1n) is 8.64. The third-order valence-corrected chi connectivity index (χ3v) is 4.62. The number of aromatic amines is 1. The number of para-hydroxylation sites is 1. The van der Waals surface area contributed by atoms with Crippen molar-refractivity contribution < 1.29 is 19.0 Å². The molecule has 0 bridgehead atoms. The number of hydrogen-bond acceptors (Lipinski definition) is 6. The number of fused-ring (bicyclic) bond motifs is 1. The number of carbonyl (C=O) groups excluding carboxylic acids is 1. The molecule has 1 atom stereocenters. The normalized spacial score (nSPS) is 11.9. The molecule has 0 aliphatic carbocycles. The van der Waals surface area contributed by atoms with Gasteiger partial charge in [-0.2, -0.15) is 0 Å². The Labute approximate surface area is 169 Å². The molecule has 8 heteroatoms. The summed E-state index contributed by atoms with van der Waals surface area (Å²) in [6.07, 6.45) is -0.811. The molecule has 2 aromatic carbocycles. The van der Waals surface area contributed by atoms with Crippen molar-refractivity contribution in [2.45, 2.75) is 20.0 Å². The Kier molecular flexibility index (Phi) is 5.99. The summed E-state index contributed by atoms with van der Waals surface area (Å²) in [7, 11) is 1.49. The van der Waals surface area contributed by atoms with Crippen LogP contribution in [0.3, 0.4) is 0 Å². The second kappa shape index (κ2) is 8.43. The third kappa shape index (κ3) is 4.01. The summed E-state index contributed by atoms with van der Waals surface area (Å²) in [5.74, 6) is 0.667. The van der Waals surface area contributed by atoms with Crippen LogP contribution < -0.4 is 15.0 Å². The fourth-order valence-corrected chi connectivity index (χ4v) is 3.21. The first-order valence-corrected chi connectivity index (χ1v) is 9.44. The monoisotopic (exact) mass is 446 g/mol. The van der Waals surface area contributed by atoms with Crippen molar-refractivity contribution in [3.05, 3.63) is 51.2 Å². The lowest BCUT2D eigenvalue weighted by molar-refractivity contribution is -0.150. The van der Waals surface area contributed by atoms with E-state index in [-0.39, 0.29) is 12.2 Å². The summed E-state index contributed by atoms with van der Waals surface area (Å²) in [6.45, 7) is 3.60. The van der Waals surface area contributed by atoms with Gasteiger partial charge in [-0.1, -0.05) is 12.1 Å². The number of aromatic nitrogens is 2. The van der Waals surface area contributed by atoms with Gasteiger partial charge in [0.1, 0.15) is 5.82 Å². The van der Waals surface area contributed by atoms with Crippen molar-refractivity contribution in [3.8, 4) is 22.9 Å². The Morgan fingerprint density at radius 1 is 1.29 bits per heavy atom. The number of rotatable bonds is 6. The predicted octanol–water partition coefficient (Wildman–Crippen LogP) is 3.69. The van der Waals surface area contributed by atoms with E-state index in [0.29, 0.717) is 38.3 Å². The fourth-order valence-electron chi connectivity index (χ4n) is 2.68. The molecule has 0 saturated carbocycles. The number of carbonyl (C=O) groups is 1. The van der Waals surface area contributed by atoms with Crippen LogP contribution >= 0.6 is 15.9 Å². The topological polar surface area (TPSA) is 90.5 Å². The van der Waals surface area contributed by atoms with Gasteiger partial charge < -0.3 is 19.2 Å². The van der Waals surface area contributed by atoms with E-state index in [0.717, 1.165) is 0 Å². The lowest BCUT2D eigenvalue weighted by Crippen LogP contribution is -2.26. The number of nitrogens with one attached hydrogen (secondary N) is 1. The van der Waals surface area contributed by atoms with E-state index in [9.17, 15) is 9.59 Å². The molecule has 1 heterocycles. The molecule has 1 aromatic heterocycles. The van der Waals surface area contributed by atoms with Crippen molar-refractivity contribution in [1.29, 1.82) is 0 Å². The Hall–Kier alpha value is -2.87. The molecule has 0 aliphatic heterocycles. The van der Waals surface area contributed by atoms with E-state index in [1.54, 1.807) is 44.2 Å². The van der Waals surface area contributed by atoms with Gasteiger partial charge in [-0.25, -0.2) is 9.78 Å². The van der Waals surface area contributed by atoms with Gasteiger partial charge in [0.25, 0.3) is 5.56 Å². The third-order valence-electron chi connectivity index (χ3n) is 4.03. The maximum atomic E-state index is 12.3. The van der Waals surface area contributed by atoms with E-state index in [4.69, 9.17) is 14.2 Å². The van der Waals surface area contributed by atoms with E-state index < -0.39 is 12.1 Å². The molecule has 0 saturated heterocycles. The molecule has 1 unspecified atom stereocenters. The number of benzene rings is 2. The zero-order valence-electron chi connectivity index (χ0n) is 15.6. The molecule has 0 aliphatic rings. The highest BCUT2D eigenvalue weighted by Crippen LogP contribution is 2.39. The van der Waals surface area contributed by atoms with E-state index in [2.05, 4.69) is 25.9 Å². The Morgan fingerprint density at radius 2 is 2.04 bits per heavy atom. The second-order valence-electron chi connectivity index (χ2n) is 5.93. The zero-order chi connectivity index (χ0) is 20.3. The summed E-state index contributed by atoms with van der Waals surface area (Å²) in [6, 6.07) is 10.5. The number of methoxy groups -OCH3 is 1. The SMILES string of the molecule is CCOC(=O)C(C)Oc1c(Br)cc(-c2nc3ccccc3c(=O)[nH]2)cc1OC. The van der Waals surface area contributed by atoms with Crippen LogP contribution in [0, 0.1) is 0 Å². The van der Waals surface area contributed by atoms with Gasteiger partial charge in [-0.15, -0.1) is 0 Å². The van der Waals surface area contributed by atoms with Gasteiger partial charge in [-0.05, 0) is 54.0 Å². The minimum Gasteiger partial charge on any atom is -0.493 e. The number of nitrogens with zero attached hydrogens (tertiary/aromatic N) is 1. The average Bonchev–Trinajstić information content (AvgIpc) is 2.69. The van der Waals surface area contributed by atoms with Gasteiger partial charge in [0.15, 0.2) is 17.6 Å². The molecule has 0 amide bonds. The van der Waals surface area contributed by atoms with Crippen LogP contribution in [0.4, 0.5) is 0 Å². The Balaban J connectivity index is 2.02. The lowest BCUT2D eigenvalue weighted by Gasteiger charge is -2.18. The maximum absolute atomic E-state index is 12.3. The Morgan fingerprint density at radius 3 is 2.75 bits per heavy atom. The van der Waals surface area contributed by atoms with Gasteiger partial charge >= 0.3 is 5.97 Å². The summed E-state index contributed by atoms with van der Waals surface area (Å²) in [5.41, 5.74) is 0.988. The summed E-state index contributed by atoms with van der Waals surface area (Å²) in [5, 5.41) is 0.514. The molecule has 3 rings (SSSR count).